The SMILES string of the molecule is CNC(=O)c1ncc(-c2nn(-c3ccccc3)c(NC(=O)N[C@@H]3CN(CCOC)O[C@H]3C)c2C)cc1C. The fourth-order valence-electron chi connectivity index (χ4n) is 4.26. The minimum absolute atomic E-state index is 0.175. The summed E-state index contributed by atoms with van der Waals surface area (Å²) in [6.07, 6.45) is 1.45. The van der Waals surface area contributed by atoms with E-state index in [-0.39, 0.29) is 24.1 Å². The van der Waals surface area contributed by atoms with Crippen molar-refractivity contribution < 1.29 is 19.2 Å². The van der Waals surface area contributed by atoms with Crippen LogP contribution in [0, 0.1) is 13.8 Å². The van der Waals surface area contributed by atoms with Gasteiger partial charge in [-0.05, 0) is 44.5 Å². The zero-order valence-electron chi connectivity index (χ0n) is 21.7. The summed E-state index contributed by atoms with van der Waals surface area (Å²) in [5.41, 5.74) is 4.05. The largest absolute Gasteiger partial charge is 0.383 e. The van der Waals surface area contributed by atoms with Gasteiger partial charge < -0.3 is 15.4 Å². The molecule has 3 amide bonds. The fourth-order valence-corrected chi connectivity index (χ4v) is 4.26. The van der Waals surface area contributed by atoms with Crippen LogP contribution in [-0.4, -0.2) is 77.8 Å². The molecule has 37 heavy (non-hydrogen) atoms. The van der Waals surface area contributed by atoms with Crippen molar-refractivity contribution in [3.05, 3.63) is 59.4 Å². The van der Waals surface area contributed by atoms with E-state index in [0.717, 1.165) is 22.4 Å². The normalized spacial score (nSPS) is 17.5. The Morgan fingerprint density at radius 2 is 1.97 bits per heavy atom. The average Bonchev–Trinajstić information content (AvgIpc) is 3.41. The number of aromatic nitrogens is 3. The van der Waals surface area contributed by atoms with Crippen LogP contribution in [0.4, 0.5) is 10.6 Å². The molecule has 1 saturated heterocycles. The van der Waals surface area contributed by atoms with Crippen LogP contribution in [0.1, 0.15) is 28.5 Å². The van der Waals surface area contributed by atoms with Gasteiger partial charge in [0.25, 0.3) is 5.91 Å². The number of aryl methyl sites for hydroxylation is 1. The number of benzene rings is 1. The number of urea groups is 1. The zero-order chi connectivity index (χ0) is 26.5. The van der Waals surface area contributed by atoms with E-state index in [1.807, 2.05) is 57.2 Å². The zero-order valence-corrected chi connectivity index (χ0v) is 21.7. The summed E-state index contributed by atoms with van der Waals surface area (Å²) in [4.78, 5) is 35.4. The van der Waals surface area contributed by atoms with Crippen LogP contribution in [0.5, 0.6) is 0 Å². The Morgan fingerprint density at radius 3 is 2.65 bits per heavy atom. The van der Waals surface area contributed by atoms with Crippen LogP contribution in [-0.2, 0) is 9.57 Å². The minimum Gasteiger partial charge on any atom is -0.383 e. The standard InChI is InChI=1S/C26H33N7O4/c1-16-13-19(14-28-22(16)25(34)27-4)23-17(2)24(33(31-23)20-9-7-6-8-10-20)30-26(35)29-21-15-32(11-12-36-5)37-18(21)3/h6-10,13-14,18,21H,11-12,15H2,1-5H3,(H,27,34)(H2,29,30,35)/t18-,21+/m0/s1. The molecule has 4 rings (SSSR count). The molecule has 1 fully saturated rings. The first-order chi connectivity index (χ1) is 17.8. The van der Waals surface area contributed by atoms with Gasteiger partial charge >= 0.3 is 6.03 Å². The van der Waals surface area contributed by atoms with Crippen LogP contribution in [0.3, 0.4) is 0 Å². The summed E-state index contributed by atoms with van der Waals surface area (Å²) < 4.78 is 6.82. The Labute approximate surface area is 216 Å². The van der Waals surface area contributed by atoms with Gasteiger partial charge in [-0.1, -0.05) is 18.2 Å². The van der Waals surface area contributed by atoms with E-state index in [0.29, 0.717) is 36.9 Å². The first-order valence-corrected chi connectivity index (χ1v) is 12.1. The predicted molar refractivity (Wildman–Crippen MR) is 140 cm³/mol. The average molecular weight is 508 g/mol. The molecule has 0 spiro atoms. The molecule has 0 bridgehead atoms. The van der Waals surface area contributed by atoms with E-state index in [4.69, 9.17) is 14.7 Å². The van der Waals surface area contributed by atoms with E-state index in [2.05, 4.69) is 20.9 Å². The Balaban J connectivity index is 1.61. The number of pyridine rings is 1. The predicted octanol–water partition coefficient (Wildman–Crippen LogP) is 2.68. The third-order valence-electron chi connectivity index (χ3n) is 6.29. The number of hydrogen-bond acceptors (Lipinski definition) is 7. The van der Waals surface area contributed by atoms with Gasteiger partial charge in [-0.15, -0.1) is 0 Å². The fraction of sp³-hybridized carbons (Fsp3) is 0.385. The Hall–Kier alpha value is -3.80. The topological polar surface area (TPSA) is 123 Å². The van der Waals surface area contributed by atoms with E-state index in [1.165, 1.54) is 0 Å². The monoisotopic (exact) mass is 507 g/mol. The second-order valence-electron chi connectivity index (χ2n) is 8.93. The van der Waals surface area contributed by atoms with Crippen LogP contribution in [0.15, 0.2) is 42.6 Å². The maximum Gasteiger partial charge on any atom is 0.320 e. The summed E-state index contributed by atoms with van der Waals surface area (Å²) >= 11 is 0. The Bertz CT molecular complexity index is 1260. The first kappa shape index (κ1) is 26.3. The van der Waals surface area contributed by atoms with Gasteiger partial charge in [-0.2, -0.15) is 10.2 Å². The maximum atomic E-state index is 13.1. The van der Waals surface area contributed by atoms with E-state index in [1.54, 1.807) is 30.1 Å². The number of amides is 3. The molecule has 3 N–H and O–H groups in total. The number of methoxy groups -OCH3 is 1. The summed E-state index contributed by atoms with van der Waals surface area (Å²) in [6.45, 7) is 7.37. The van der Waals surface area contributed by atoms with Crippen molar-refractivity contribution in [2.45, 2.75) is 32.9 Å². The molecule has 1 aliphatic heterocycles. The highest BCUT2D eigenvalue weighted by atomic mass is 16.7. The number of carbonyl (C=O) groups is 2. The summed E-state index contributed by atoms with van der Waals surface area (Å²) in [7, 11) is 3.21. The van der Waals surface area contributed by atoms with Gasteiger partial charge in [0, 0.05) is 44.6 Å². The maximum absolute atomic E-state index is 13.1. The highest BCUT2D eigenvalue weighted by Gasteiger charge is 2.32. The second kappa shape index (κ2) is 11.5. The number of nitrogens with one attached hydrogen (secondary N) is 3. The van der Waals surface area contributed by atoms with Gasteiger partial charge in [0.2, 0.25) is 0 Å². The van der Waals surface area contributed by atoms with E-state index in [9.17, 15) is 9.59 Å². The van der Waals surface area contributed by atoms with Crippen molar-refractivity contribution >= 4 is 17.8 Å². The number of nitrogens with zero attached hydrogens (tertiary/aromatic N) is 4. The van der Waals surface area contributed by atoms with Crippen LogP contribution in [0.25, 0.3) is 16.9 Å². The van der Waals surface area contributed by atoms with Crippen LogP contribution in [0.2, 0.25) is 0 Å². The third kappa shape index (κ3) is 5.79. The number of ether oxygens (including phenoxy) is 1. The molecular formula is C26H33N7O4. The summed E-state index contributed by atoms with van der Waals surface area (Å²) in [6, 6.07) is 10.9. The highest BCUT2D eigenvalue weighted by molar-refractivity contribution is 5.94. The molecule has 1 aliphatic rings. The molecule has 3 aromatic rings. The first-order valence-electron chi connectivity index (χ1n) is 12.1. The smallest absolute Gasteiger partial charge is 0.320 e. The molecule has 0 radical (unpaired) electrons. The van der Waals surface area contributed by atoms with Gasteiger partial charge in [-0.25, -0.2) is 9.48 Å². The van der Waals surface area contributed by atoms with Crippen molar-refractivity contribution in [3.63, 3.8) is 0 Å². The minimum atomic E-state index is -0.356. The summed E-state index contributed by atoms with van der Waals surface area (Å²) in [5.74, 6) is 0.287. The Morgan fingerprint density at radius 1 is 1.22 bits per heavy atom. The van der Waals surface area contributed by atoms with Crippen molar-refractivity contribution in [1.82, 2.24) is 30.5 Å². The van der Waals surface area contributed by atoms with Crippen molar-refractivity contribution in [2.24, 2.45) is 0 Å². The molecule has 196 valence electrons. The van der Waals surface area contributed by atoms with Gasteiger partial charge in [0.05, 0.1) is 30.1 Å². The molecule has 1 aromatic carbocycles. The van der Waals surface area contributed by atoms with Gasteiger partial charge in [0.15, 0.2) is 0 Å². The number of hydrogen-bond donors (Lipinski definition) is 3. The number of hydroxylamine groups is 2. The van der Waals surface area contributed by atoms with Crippen molar-refractivity contribution in [1.29, 1.82) is 0 Å². The van der Waals surface area contributed by atoms with Crippen LogP contribution >= 0.6 is 0 Å². The molecular weight excluding hydrogens is 474 g/mol. The van der Waals surface area contributed by atoms with E-state index < -0.39 is 0 Å². The number of anilines is 1. The molecule has 0 aliphatic carbocycles. The third-order valence-corrected chi connectivity index (χ3v) is 6.29. The lowest BCUT2D eigenvalue weighted by Gasteiger charge is -2.16. The number of rotatable bonds is 8. The molecule has 11 heteroatoms. The number of carbonyl (C=O) groups excluding carboxylic acids is 2. The molecule has 0 saturated carbocycles. The van der Waals surface area contributed by atoms with Crippen molar-refractivity contribution in [3.8, 4) is 16.9 Å². The van der Waals surface area contributed by atoms with E-state index >= 15 is 0 Å². The van der Waals surface area contributed by atoms with Gasteiger partial charge in [0.1, 0.15) is 11.5 Å². The number of para-hydroxylation sites is 1. The lowest BCUT2D eigenvalue weighted by molar-refractivity contribution is -0.146. The molecule has 3 heterocycles. The summed E-state index contributed by atoms with van der Waals surface area (Å²) in [5, 5.41) is 15.2. The molecule has 2 aromatic heterocycles. The molecule has 11 nitrogen and oxygen atoms in total. The molecule has 0 unspecified atom stereocenters. The van der Waals surface area contributed by atoms with Crippen LogP contribution < -0.4 is 16.0 Å². The second-order valence-corrected chi connectivity index (χ2v) is 8.93. The highest BCUT2D eigenvalue weighted by Crippen LogP contribution is 2.31. The lowest BCUT2D eigenvalue weighted by atomic mass is 10.1. The Kier molecular flexibility index (Phi) is 8.17. The van der Waals surface area contributed by atoms with Crippen molar-refractivity contribution in [2.75, 3.05) is 39.2 Å². The lowest BCUT2D eigenvalue weighted by Crippen LogP contribution is -2.44. The molecule has 2 atom stereocenters. The quantitative estimate of drug-likeness (QED) is 0.428. The van der Waals surface area contributed by atoms with Gasteiger partial charge in [-0.3, -0.25) is 19.9 Å².